The number of nitrogens with zero attached hydrogens (tertiary/aromatic N) is 3. The largest absolute Gasteiger partial charge is 0.484 e. The highest BCUT2D eigenvalue weighted by Crippen LogP contribution is 2.29. The van der Waals surface area contributed by atoms with E-state index in [1.807, 2.05) is 0 Å². The minimum Gasteiger partial charge on any atom is -0.484 e. The number of aromatic nitrogens is 2. The second-order valence-electron chi connectivity index (χ2n) is 6.94. The summed E-state index contributed by atoms with van der Waals surface area (Å²) >= 11 is 6.01. The molecule has 0 fully saturated rings. The summed E-state index contributed by atoms with van der Waals surface area (Å²) in [6, 6.07) is 13.0. The number of carbonyl (C=O) groups excluding carboxylic acids is 1. The lowest BCUT2D eigenvalue weighted by molar-refractivity contribution is -0.384. The van der Waals surface area contributed by atoms with Gasteiger partial charge in [0, 0.05) is 12.3 Å². The zero-order valence-corrected chi connectivity index (χ0v) is 17.7. The number of nitro groups is 1. The van der Waals surface area contributed by atoms with E-state index < -0.39 is 10.8 Å². The lowest BCUT2D eigenvalue weighted by Gasteiger charge is -2.06. The van der Waals surface area contributed by atoms with Gasteiger partial charge in [-0.05, 0) is 35.9 Å². The molecule has 0 aliphatic rings. The fraction of sp³-hybridized carbons (Fsp3) is 0.0909. The highest BCUT2D eigenvalue weighted by molar-refractivity contribution is 6.32. The van der Waals surface area contributed by atoms with E-state index in [9.17, 15) is 19.3 Å². The molecule has 2 aromatic carbocycles. The minimum absolute atomic E-state index is 0.0385. The number of amides is 1. The Morgan fingerprint density at radius 1 is 1.24 bits per heavy atom. The Morgan fingerprint density at radius 2 is 2.09 bits per heavy atom. The van der Waals surface area contributed by atoms with Gasteiger partial charge >= 0.3 is 0 Å². The molecule has 0 aliphatic carbocycles. The van der Waals surface area contributed by atoms with E-state index in [-0.39, 0.29) is 34.6 Å². The van der Waals surface area contributed by atoms with Crippen LogP contribution >= 0.6 is 11.6 Å². The van der Waals surface area contributed by atoms with Gasteiger partial charge in [0.25, 0.3) is 11.6 Å². The molecule has 0 aliphatic heterocycles. The number of carbonyl (C=O) groups is 1. The maximum Gasteiger partial charge on any atom is 0.291 e. The Bertz CT molecular complexity index is 1320. The van der Waals surface area contributed by atoms with Crippen LogP contribution in [0.1, 0.15) is 21.9 Å². The van der Waals surface area contributed by atoms with Gasteiger partial charge in [0.1, 0.15) is 23.9 Å². The third-order valence-electron chi connectivity index (χ3n) is 4.51. The van der Waals surface area contributed by atoms with Crippen LogP contribution in [0, 0.1) is 15.9 Å². The van der Waals surface area contributed by atoms with Crippen molar-refractivity contribution in [3.05, 3.63) is 105 Å². The van der Waals surface area contributed by atoms with Crippen molar-refractivity contribution >= 4 is 28.9 Å². The quantitative estimate of drug-likeness (QED) is 0.284. The highest BCUT2D eigenvalue weighted by atomic mass is 35.5. The van der Waals surface area contributed by atoms with Crippen molar-refractivity contribution in [1.82, 2.24) is 9.78 Å². The van der Waals surface area contributed by atoms with Crippen LogP contribution < -0.4 is 10.1 Å². The molecule has 0 atom stereocenters. The average molecular weight is 471 g/mol. The fourth-order valence-corrected chi connectivity index (χ4v) is 3.14. The summed E-state index contributed by atoms with van der Waals surface area (Å²) in [6.45, 7) is 0.260. The summed E-state index contributed by atoms with van der Waals surface area (Å²) in [7, 11) is 0. The van der Waals surface area contributed by atoms with Gasteiger partial charge in [-0.25, -0.2) is 4.39 Å². The number of non-ortho nitro benzene ring substituents is 1. The van der Waals surface area contributed by atoms with Gasteiger partial charge < -0.3 is 14.5 Å². The zero-order valence-electron chi connectivity index (χ0n) is 16.9. The molecular weight excluding hydrogens is 455 g/mol. The van der Waals surface area contributed by atoms with Gasteiger partial charge in [-0.3, -0.25) is 19.6 Å². The van der Waals surface area contributed by atoms with E-state index in [0.717, 1.165) is 5.56 Å². The summed E-state index contributed by atoms with van der Waals surface area (Å²) in [5, 5.41) is 17.9. The van der Waals surface area contributed by atoms with E-state index in [0.29, 0.717) is 18.0 Å². The lowest BCUT2D eigenvalue weighted by Crippen LogP contribution is -2.10. The van der Waals surface area contributed by atoms with E-state index in [4.69, 9.17) is 20.8 Å². The van der Waals surface area contributed by atoms with Crippen molar-refractivity contribution in [2.45, 2.75) is 13.2 Å². The van der Waals surface area contributed by atoms with Crippen LogP contribution in [-0.4, -0.2) is 20.6 Å². The third-order valence-corrected chi connectivity index (χ3v) is 4.82. The van der Waals surface area contributed by atoms with Gasteiger partial charge in [-0.2, -0.15) is 5.10 Å². The average Bonchev–Trinajstić information content (AvgIpc) is 3.42. The van der Waals surface area contributed by atoms with Crippen molar-refractivity contribution in [2.75, 3.05) is 5.32 Å². The first kappa shape index (κ1) is 22.0. The molecule has 2 heterocycles. The number of halogens is 2. The van der Waals surface area contributed by atoms with Gasteiger partial charge in [0.2, 0.25) is 0 Å². The van der Waals surface area contributed by atoms with Gasteiger partial charge in [-0.1, -0.05) is 23.7 Å². The SMILES string of the molecule is O=C(Nc1cnn(Cc2cccc(F)c2)c1)c1ccc(COc2cc([N+](=O)[O-])ccc2Cl)o1. The van der Waals surface area contributed by atoms with Crippen LogP contribution in [0.2, 0.25) is 5.02 Å². The number of hydrogen-bond acceptors (Lipinski definition) is 6. The molecule has 0 saturated carbocycles. The number of rotatable bonds is 8. The Hall–Kier alpha value is -4.18. The second kappa shape index (κ2) is 9.53. The molecule has 0 spiro atoms. The summed E-state index contributed by atoms with van der Waals surface area (Å²) in [5.41, 5.74) is 1.01. The van der Waals surface area contributed by atoms with E-state index in [2.05, 4.69) is 10.4 Å². The van der Waals surface area contributed by atoms with Crippen LogP contribution in [0.5, 0.6) is 5.75 Å². The highest BCUT2D eigenvalue weighted by Gasteiger charge is 2.15. The molecular formula is C22H16ClFN4O5. The van der Waals surface area contributed by atoms with Crippen molar-refractivity contribution in [2.24, 2.45) is 0 Å². The number of hydrogen-bond donors (Lipinski definition) is 1. The Balaban J connectivity index is 1.35. The van der Waals surface area contributed by atoms with Gasteiger partial charge in [0.15, 0.2) is 5.76 Å². The fourth-order valence-electron chi connectivity index (χ4n) is 2.97. The molecule has 2 aromatic heterocycles. The zero-order chi connectivity index (χ0) is 23.4. The van der Waals surface area contributed by atoms with Crippen molar-refractivity contribution in [3.63, 3.8) is 0 Å². The predicted molar refractivity (Wildman–Crippen MR) is 117 cm³/mol. The van der Waals surface area contributed by atoms with Crippen LogP contribution in [0.15, 0.2) is 71.4 Å². The smallest absolute Gasteiger partial charge is 0.291 e. The number of nitrogens with one attached hydrogen (secondary N) is 1. The van der Waals surface area contributed by atoms with Crippen LogP contribution in [-0.2, 0) is 13.2 Å². The van der Waals surface area contributed by atoms with Crippen molar-refractivity contribution in [1.29, 1.82) is 0 Å². The molecule has 4 aromatic rings. The van der Waals surface area contributed by atoms with E-state index in [1.54, 1.807) is 29.1 Å². The first-order chi connectivity index (χ1) is 15.9. The maximum absolute atomic E-state index is 13.3. The van der Waals surface area contributed by atoms with E-state index >= 15 is 0 Å². The summed E-state index contributed by atoms with van der Waals surface area (Å²) < 4.78 is 25.9. The molecule has 0 radical (unpaired) electrons. The van der Waals surface area contributed by atoms with Crippen LogP contribution in [0.3, 0.4) is 0 Å². The second-order valence-corrected chi connectivity index (χ2v) is 7.34. The third kappa shape index (κ3) is 5.55. The molecule has 1 amide bonds. The number of anilines is 1. The maximum atomic E-state index is 13.3. The summed E-state index contributed by atoms with van der Waals surface area (Å²) in [5.74, 6) is -0.349. The number of benzene rings is 2. The summed E-state index contributed by atoms with van der Waals surface area (Å²) in [6.07, 6.45) is 3.08. The number of ether oxygens (including phenoxy) is 1. The van der Waals surface area contributed by atoms with Gasteiger partial charge in [-0.15, -0.1) is 0 Å². The molecule has 0 unspecified atom stereocenters. The lowest BCUT2D eigenvalue weighted by atomic mass is 10.2. The first-order valence-corrected chi connectivity index (χ1v) is 9.99. The monoisotopic (exact) mass is 470 g/mol. The number of nitro benzene ring substituents is 1. The Morgan fingerprint density at radius 3 is 2.88 bits per heavy atom. The normalized spacial score (nSPS) is 10.7. The molecule has 0 saturated heterocycles. The molecule has 1 N–H and O–H groups in total. The van der Waals surface area contributed by atoms with Crippen LogP contribution in [0.25, 0.3) is 0 Å². The first-order valence-electron chi connectivity index (χ1n) is 9.61. The van der Waals surface area contributed by atoms with E-state index in [1.165, 1.54) is 42.6 Å². The van der Waals surface area contributed by atoms with Gasteiger partial charge in [0.05, 0.1) is 34.4 Å². The molecule has 4 rings (SSSR count). The molecule has 9 nitrogen and oxygen atoms in total. The Labute approximate surface area is 191 Å². The molecule has 11 heteroatoms. The number of furan rings is 1. The van der Waals surface area contributed by atoms with Crippen LogP contribution in [0.4, 0.5) is 15.8 Å². The van der Waals surface area contributed by atoms with Crippen molar-refractivity contribution in [3.8, 4) is 5.75 Å². The predicted octanol–water partition coefficient (Wildman–Crippen LogP) is 5.06. The standard InChI is InChI=1S/C22H16ClFN4O5/c23-19-6-4-17(28(30)31)9-21(19)32-13-18-5-7-20(33-18)22(29)26-16-10-25-27(12-16)11-14-2-1-3-15(24)8-14/h1-10,12H,11,13H2,(H,26,29). The minimum atomic E-state index is -0.557. The van der Waals surface area contributed by atoms with Crippen molar-refractivity contribution < 1.29 is 23.3 Å². The topological polar surface area (TPSA) is 112 Å². The summed E-state index contributed by atoms with van der Waals surface area (Å²) in [4.78, 5) is 22.8. The molecule has 168 valence electrons. The molecule has 0 bridgehead atoms. The molecule has 33 heavy (non-hydrogen) atoms. The Kier molecular flexibility index (Phi) is 6.36.